The Hall–Kier alpha value is -0.750. The van der Waals surface area contributed by atoms with Crippen LogP contribution in [0.4, 0.5) is 0 Å². The van der Waals surface area contributed by atoms with Crippen molar-refractivity contribution in [1.29, 1.82) is 0 Å². The number of carbonyl (C=O) groups excluding carboxylic acids is 1. The molecule has 1 heterocycles. The van der Waals surface area contributed by atoms with E-state index in [-0.39, 0.29) is 12.0 Å². The Morgan fingerprint density at radius 1 is 1.45 bits per heavy atom. The number of morpholine rings is 1. The lowest BCUT2D eigenvalue weighted by atomic mass is 10.2. The summed E-state index contributed by atoms with van der Waals surface area (Å²) in [5.74, 6) is 0.896. The van der Waals surface area contributed by atoms with E-state index in [0.717, 1.165) is 28.8 Å². The van der Waals surface area contributed by atoms with Crippen LogP contribution in [-0.4, -0.2) is 44.0 Å². The number of rotatable bonds is 6. The first kappa shape index (κ1) is 15.6. The molecule has 0 bridgehead atoms. The van der Waals surface area contributed by atoms with Crippen LogP contribution in [0.15, 0.2) is 29.2 Å². The van der Waals surface area contributed by atoms with Gasteiger partial charge in [0.2, 0.25) is 5.91 Å². The van der Waals surface area contributed by atoms with Gasteiger partial charge in [-0.15, -0.1) is 11.8 Å². The number of thioether (sulfide) groups is 1. The molecule has 0 radical (unpaired) electrons. The number of hydrogen-bond donors (Lipinski definition) is 2. The van der Waals surface area contributed by atoms with E-state index < -0.39 is 0 Å². The smallest absolute Gasteiger partial charge is 0.222 e. The van der Waals surface area contributed by atoms with Gasteiger partial charge in [0.25, 0.3) is 0 Å². The number of benzene rings is 1. The van der Waals surface area contributed by atoms with Crippen molar-refractivity contribution in [3.63, 3.8) is 0 Å². The largest absolute Gasteiger partial charge is 0.375 e. The highest BCUT2D eigenvalue weighted by Crippen LogP contribution is 2.19. The maximum atomic E-state index is 11.7. The standard InChI is InChI=1S/C14H19ClN2O2S/c15-11-1-3-13(4-2-11)20-8-6-17-14(18)9-12-10-16-5-7-19-12/h1-4,12,16H,5-10H2,(H,17,18)/t12-/m1/s1. The summed E-state index contributed by atoms with van der Waals surface area (Å²) < 4.78 is 5.49. The van der Waals surface area contributed by atoms with Crippen molar-refractivity contribution < 1.29 is 9.53 Å². The van der Waals surface area contributed by atoms with Gasteiger partial charge in [-0.25, -0.2) is 0 Å². The van der Waals surface area contributed by atoms with E-state index in [4.69, 9.17) is 16.3 Å². The lowest BCUT2D eigenvalue weighted by Crippen LogP contribution is -2.41. The number of ether oxygens (including phenoxy) is 1. The molecule has 2 rings (SSSR count). The zero-order valence-electron chi connectivity index (χ0n) is 11.2. The Bertz CT molecular complexity index is 422. The monoisotopic (exact) mass is 314 g/mol. The Morgan fingerprint density at radius 3 is 2.95 bits per heavy atom. The molecule has 110 valence electrons. The van der Waals surface area contributed by atoms with Crippen LogP contribution in [0.25, 0.3) is 0 Å². The van der Waals surface area contributed by atoms with Crippen LogP contribution in [0.2, 0.25) is 5.02 Å². The Kier molecular flexibility index (Phi) is 6.66. The highest BCUT2D eigenvalue weighted by Gasteiger charge is 2.16. The first-order valence-electron chi connectivity index (χ1n) is 6.71. The van der Waals surface area contributed by atoms with Gasteiger partial charge in [0, 0.05) is 35.3 Å². The second-order valence-electron chi connectivity index (χ2n) is 4.55. The molecule has 1 saturated heterocycles. The van der Waals surface area contributed by atoms with Crippen LogP contribution >= 0.6 is 23.4 Å². The second-order valence-corrected chi connectivity index (χ2v) is 6.16. The molecule has 1 aromatic carbocycles. The maximum Gasteiger partial charge on any atom is 0.222 e. The van der Waals surface area contributed by atoms with E-state index in [2.05, 4.69) is 10.6 Å². The van der Waals surface area contributed by atoms with Gasteiger partial charge in [-0.2, -0.15) is 0 Å². The van der Waals surface area contributed by atoms with Crippen molar-refractivity contribution in [3.8, 4) is 0 Å². The summed E-state index contributed by atoms with van der Waals surface area (Å²) in [7, 11) is 0. The number of halogens is 1. The van der Waals surface area contributed by atoms with Crippen molar-refractivity contribution in [2.24, 2.45) is 0 Å². The van der Waals surface area contributed by atoms with Crippen molar-refractivity contribution >= 4 is 29.3 Å². The van der Waals surface area contributed by atoms with Gasteiger partial charge in [0.15, 0.2) is 0 Å². The molecule has 1 fully saturated rings. The van der Waals surface area contributed by atoms with Crippen LogP contribution in [0.3, 0.4) is 0 Å². The highest BCUT2D eigenvalue weighted by molar-refractivity contribution is 7.99. The molecule has 0 unspecified atom stereocenters. The third kappa shape index (κ3) is 5.71. The van der Waals surface area contributed by atoms with Gasteiger partial charge in [-0.05, 0) is 24.3 Å². The number of hydrogen-bond acceptors (Lipinski definition) is 4. The van der Waals surface area contributed by atoms with Crippen LogP contribution in [0.5, 0.6) is 0 Å². The molecule has 1 aliphatic rings. The molecule has 0 aromatic heterocycles. The third-order valence-corrected chi connectivity index (χ3v) is 4.19. The van der Waals surface area contributed by atoms with Crippen molar-refractivity contribution in [2.75, 3.05) is 32.0 Å². The number of amides is 1. The average Bonchev–Trinajstić information content (AvgIpc) is 2.46. The quantitative estimate of drug-likeness (QED) is 0.622. The summed E-state index contributed by atoms with van der Waals surface area (Å²) in [6.45, 7) is 2.97. The molecule has 1 aromatic rings. The molecule has 1 aliphatic heterocycles. The van der Waals surface area contributed by atoms with E-state index in [0.29, 0.717) is 19.6 Å². The van der Waals surface area contributed by atoms with Crippen molar-refractivity contribution in [2.45, 2.75) is 17.4 Å². The Labute approximate surface area is 128 Å². The maximum absolute atomic E-state index is 11.7. The Morgan fingerprint density at radius 2 is 2.25 bits per heavy atom. The number of nitrogens with one attached hydrogen (secondary N) is 2. The molecule has 1 amide bonds. The molecule has 0 saturated carbocycles. The topological polar surface area (TPSA) is 50.4 Å². The molecular weight excluding hydrogens is 296 g/mol. The van der Waals surface area contributed by atoms with E-state index in [1.54, 1.807) is 11.8 Å². The minimum Gasteiger partial charge on any atom is -0.375 e. The van der Waals surface area contributed by atoms with Gasteiger partial charge in [-0.1, -0.05) is 11.6 Å². The summed E-state index contributed by atoms with van der Waals surface area (Å²) >= 11 is 7.52. The van der Waals surface area contributed by atoms with Crippen LogP contribution in [0.1, 0.15) is 6.42 Å². The Balaban J connectivity index is 1.58. The molecule has 0 aliphatic carbocycles. The zero-order valence-corrected chi connectivity index (χ0v) is 12.8. The summed E-state index contributed by atoms with van der Waals surface area (Å²) in [4.78, 5) is 12.9. The fraction of sp³-hybridized carbons (Fsp3) is 0.500. The first-order valence-corrected chi connectivity index (χ1v) is 8.08. The molecule has 4 nitrogen and oxygen atoms in total. The predicted molar refractivity (Wildman–Crippen MR) is 82.4 cm³/mol. The van der Waals surface area contributed by atoms with Gasteiger partial charge in [0.1, 0.15) is 0 Å². The second kappa shape index (κ2) is 8.52. The minimum absolute atomic E-state index is 0.00710. The van der Waals surface area contributed by atoms with E-state index >= 15 is 0 Å². The van der Waals surface area contributed by atoms with Crippen molar-refractivity contribution in [3.05, 3.63) is 29.3 Å². The minimum atomic E-state index is 0.00710. The lowest BCUT2D eigenvalue weighted by Gasteiger charge is -2.23. The van der Waals surface area contributed by atoms with Gasteiger partial charge >= 0.3 is 0 Å². The summed E-state index contributed by atoms with van der Waals surface area (Å²) in [5, 5.41) is 6.87. The van der Waals surface area contributed by atoms with Crippen LogP contribution in [-0.2, 0) is 9.53 Å². The molecule has 2 N–H and O–H groups in total. The van der Waals surface area contributed by atoms with E-state index in [9.17, 15) is 4.79 Å². The summed E-state index contributed by atoms with van der Waals surface area (Å²) in [6, 6.07) is 7.71. The highest BCUT2D eigenvalue weighted by atomic mass is 35.5. The normalized spacial score (nSPS) is 18.8. The molecule has 20 heavy (non-hydrogen) atoms. The lowest BCUT2D eigenvalue weighted by molar-refractivity contribution is -0.124. The van der Waals surface area contributed by atoms with E-state index in [1.165, 1.54) is 0 Å². The summed E-state index contributed by atoms with van der Waals surface area (Å²) in [5.41, 5.74) is 0. The SMILES string of the molecule is O=C(C[C@@H]1CNCCO1)NCCSc1ccc(Cl)cc1. The molecule has 6 heteroatoms. The first-order chi connectivity index (χ1) is 9.74. The molecule has 0 spiro atoms. The van der Waals surface area contributed by atoms with Gasteiger partial charge in [-0.3, -0.25) is 4.79 Å². The third-order valence-electron chi connectivity index (χ3n) is 2.92. The van der Waals surface area contributed by atoms with Crippen molar-refractivity contribution in [1.82, 2.24) is 10.6 Å². The van der Waals surface area contributed by atoms with E-state index in [1.807, 2.05) is 24.3 Å². The summed E-state index contributed by atoms with van der Waals surface area (Å²) in [6.07, 6.45) is 0.436. The average molecular weight is 315 g/mol. The molecular formula is C14H19ClN2O2S. The van der Waals surface area contributed by atoms with Gasteiger partial charge in [0.05, 0.1) is 19.1 Å². The van der Waals surface area contributed by atoms with Gasteiger partial charge < -0.3 is 15.4 Å². The molecule has 1 atom stereocenters. The predicted octanol–water partition coefficient (Wildman–Crippen LogP) is 1.93. The zero-order chi connectivity index (χ0) is 14.2. The number of carbonyl (C=O) groups is 1. The fourth-order valence-corrected chi connectivity index (χ4v) is 2.81. The van der Waals surface area contributed by atoms with Crippen LogP contribution in [0, 0.1) is 0 Å². The fourth-order valence-electron chi connectivity index (χ4n) is 1.92. The van der Waals surface area contributed by atoms with Crippen LogP contribution < -0.4 is 10.6 Å².